The normalized spacial score (nSPS) is 11.0. The molecule has 2 amide bonds. The van der Waals surface area contributed by atoms with Crippen LogP contribution >= 0.6 is 0 Å². The molecule has 2 aromatic carbocycles. The predicted octanol–water partition coefficient (Wildman–Crippen LogP) is 2.14. The molecule has 11 heteroatoms. The molecule has 0 saturated carbocycles. The van der Waals surface area contributed by atoms with Gasteiger partial charge >= 0.3 is 0 Å². The Morgan fingerprint density at radius 1 is 0.970 bits per heavy atom. The van der Waals surface area contributed by atoms with Gasteiger partial charge in [-0.05, 0) is 48.5 Å². The Bertz CT molecular complexity index is 1220. The lowest BCUT2D eigenvalue weighted by Crippen LogP contribution is -2.33. The number of benzene rings is 2. The van der Waals surface area contributed by atoms with E-state index in [9.17, 15) is 18.0 Å². The number of amides is 2. The van der Waals surface area contributed by atoms with Crippen LogP contribution in [0.25, 0.3) is 0 Å². The van der Waals surface area contributed by atoms with E-state index in [0.717, 1.165) is 0 Å². The third-order valence-electron chi connectivity index (χ3n) is 4.50. The van der Waals surface area contributed by atoms with Crippen LogP contribution < -0.4 is 24.8 Å². The Morgan fingerprint density at radius 2 is 1.76 bits per heavy atom. The maximum absolute atomic E-state index is 12.5. The van der Waals surface area contributed by atoms with E-state index in [-0.39, 0.29) is 29.2 Å². The fourth-order valence-electron chi connectivity index (χ4n) is 2.85. The summed E-state index contributed by atoms with van der Waals surface area (Å²) < 4.78 is 42.8. The van der Waals surface area contributed by atoms with Gasteiger partial charge in [-0.2, -0.15) is 0 Å². The molecule has 33 heavy (non-hydrogen) atoms. The van der Waals surface area contributed by atoms with Crippen LogP contribution in [0.4, 0.5) is 5.69 Å². The maximum Gasteiger partial charge on any atom is 0.251 e. The second-order valence-corrected chi connectivity index (χ2v) is 8.50. The molecule has 0 radical (unpaired) electrons. The van der Waals surface area contributed by atoms with Crippen molar-refractivity contribution in [2.45, 2.75) is 11.4 Å². The highest BCUT2D eigenvalue weighted by Gasteiger charge is 2.16. The van der Waals surface area contributed by atoms with E-state index in [4.69, 9.17) is 13.9 Å². The number of anilines is 1. The lowest BCUT2D eigenvalue weighted by molar-refractivity contribution is -0.115. The van der Waals surface area contributed by atoms with Crippen molar-refractivity contribution < 1.29 is 31.9 Å². The van der Waals surface area contributed by atoms with E-state index in [2.05, 4.69) is 15.4 Å². The molecule has 1 aromatic heterocycles. The lowest BCUT2D eigenvalue weighted by Gasteiger charge is -2.11. The molecular formula is C22H23N3O7S. The van der Waals surface area contributed by atoms with E-state index in [0.29, 0.717) is 17.3 Å². The SMILES string of the molecule is COc1ccc(C(=O)NCC(=O)Nc2cccc(S(=O)(=O)NCc3ccco3)c2)cc1OC. The average Bonchev–Trinajstić information content (AvgIpc) is 3.35. The summed E-state index contributed by atoms with van der Waals surface area (Å²) in [5.74, 6) is 0.313. The molecule has 3 aromatic rings. The lowest BCUT2D eigenvalue weighted by atomic mass is 10.2. The third-order valence-corrected chi connectivity index (χ3v) is 5.90. The van der Waals surface area contributed by atoms with Crippen LogP contribution in [0.3, 0.4) is 0 Å². The summed E-state index contributed by atoms with van der Waals surface area (Å²) in [4.78, 5) is 24.6. The zero-order valence-electron chi connectivity index (χ0n) is 18.0. The highest BCUT2D eigenvalue weighted by Crippen LogP contribution is 2.27. The summed E-state index contributed by atoms with van der Waals surface area (Å²) >= 11 is 0. The third kappa shape index (κ3) is 6.34. The molecule has 10 nitrogen and oxygen atoms in total. The van der Waals surface area contributed by atoms with Crippen molar-refractivity contribution in [3.8, 4) is 11.5 Å². The van der Waals surface area contributed by atoms with Crippen LogP contribution in [0.1, 0.15) is 16.1 Å². The van der Waals surface area contributed by atoms with Crippen molar-refractivity contribution in [1.29, 1.82) is 0 Å². The number of rotatable bonds is 10. The van der Waals surface area contributed by atoms with Crippen LogP contribution in [0.2, 0.25) is 0 Å². The van der Waals surface area contributed by atoms with Crippen molar-refractivity contribution in [1.82, 2.24) is 10.0 Å². The quantitative estimate of drug-likeness (QED) is 0.410. The molecule has 1 heterocycles. The minimum absolute atomic E-state index is 0.00586. The van der Waals surface area contributed by atoms with E-state index in [1.165, 1.54) is 44.7 Å². The first-order chi connectivity index (χ1) is 15.8. The van der Waals surface area contributed by atoms with Gasteiger partial charge < -0.3 is 24.5 Å². The fourth-order valence-corrected chi connectivity index (χ4v) is 3.89. The summed E-state index contributed by atoms with van der Waals surface area (Å²) in [7, 11) is -0.886. The second kappa shape index (κ2) is 10.7. The number of carbonyl (C=O) groups excluding carboxylic acids is 2. The van der Waals surface area contributed by atoms with Gasteiger partial charge in [0.1, 0.15) is 5.76 Å². The molecule has 3 N–H and O–H groups in total. The smallest absolute Gasteiger partial charge is 0.251 e. The first kappa shape index (κ1) is 23.8. The van der Waals surface area contributed by atoms with E-state index >= 15 is 0 Å². The summed E-state index contributed by atoms with van der Waals surface area (Å²) in [5.41, 5.74) is 0.553. The Hall–Kier alpha value is -3.83. The van der Waals surface area contributed by atoms with Gasteiger partial charge in [-0.15, -0.1) is 0 Å². The number of furan rings is 1. The fraction of sp³-hybridized carbons (Fsp3) is 0.182. The van der Waals surface area contributed by atoms with Gasteiger partial charge in [-0.3, -0.25) is 9.59 Å². The molecule has 0 fully saturated rings. The summed E-state index contributed by atoms with van der Waals surface area (Å²) in [6, 6.07) is 13.7. The number of hydrogen-bond donors (Lipinski definition) is 3. The maximum atomic E-state index is 12.5. The Balaban J connectivity index is 1.58. The molecule has 0 bridgehead atoms. The van der Waals surface area contributed by atoms with Crippen LogP contribution in [-0.2, 0) is 21.4 Å². The average molecular weight is 474 g/mol. The van der Waals surface area contributed by atoms with Crippen LogP contribution in [0.15, 0.2) is 70.2 Å². The zero-order valence-corrected chi connectivity index (χ0v) is 18.8. The highest BCUT2D eigenvalue weighted by atomic mass is 32.2. The Labute approximate surface area is 190 Å². The van der Waals surface area contributed by atoms with Crippen molar-refractivity contribution in [2.75, 3.05) is 26.1 Å². The van der Waals surface area contributed by atoms with E-state index in [1.807, 2.05) is 0 Å². The van der Waals surface area contributed by atoms with Crippen LogP contribution in [0.5, 0.6) is 11.5 Å². The Morgan fingerprint density at radius 3 is 2.45 bits per heavy atom. The van der Waals surface area contributed by atoms with Gasteiger partial charge in [0.05, 0.1) is 38.5 Å². The first-order valence-electron chi connectivity index (χ1n) is 9.74. The molecule has 0 aliphatic carbocycles. The molecule has 0 unspecified atom stereocenters. The summed E-state index contributed by atoms with van der Waals surface area (Å²) in [5, 5.41) is 5.06. The minimum atomic E-state index is -3.82. The predicted molar refractivity (Wildman–Crippen MR) is 120 cm³/mol. The first-order valence-corrected chi connectivity index (χ1v) is 11.2. The number of methoxy groups -OCH3 is 2. The van der Waals surface area contributed by atoms with Crippen molar-refractivity contribution in [2.24, 2.45) is 0 Å². The molecule has 0 atom stereocenters. The van der Waals surface area contributed by atoms with Gasteiger partial charge in [0.25, 0.3) is 5.91 Å². The van der Waals surface area contributed by atoms with Gasteiger partial charge in [0.15, 0.2) is 11.5 Å². The van der Waals surface area contributed by atoms with Crippen LogP contribution in [0, 0.1) is 0 Å². The highest BCUT2D eigenvalue weighted by molar-refractivity contribution is 7.89. The van der Waals surface area contributed by atoms with E-state index in [1.54, 1.807) is 30.3 Å². The van der Waals surface area contributed by atoms with Crippen molar-refractivity contribution in [3.05, 3.63) is 72.2 Å². The number of hydrogen-bond acceptors (Lipinski definition) is 7. The minimum Gasteiger partial charge on any atom is -0.493 e. The molecule has 0 aliphatic rings. The van der Waals surface area contributed by atoms with Crippen LogP contribution in [-0.4, -0.2) is 41.0 Å². The molecular weight excluding hydrogens is 450 g/mol. The monoisotopic (exact) mass is 473 g/mol. The Kier molecular flexibility index (Phi) is 7.70. The number of carbonyl (C=O) groups is 2. The largest absolute Gasteiger partial charge is 0.493 e. The number of sulfonamides is 1. The number of nitrogens with one attached hydrogen (secondary N) is 3. The van der Waals surface area contributed by atoms with Gasteiger partial charge in [-0.25, -0.2) is 13.1 Å². The topological polar surface area (TPSA) is 136 Å². The molecule has 0 aliphatic heterocycles. The second-order valence-electron chi connectivity index (χ2n) is 6.73. The molecule has 0 saturated heterocycles. The number of ether oxygens (including phenoxy) is 2. The van der Waals surface area contributed by atoms with Gasteiger partial charge in [-0.1, -0.05) is 6.07 Å². The molecule has 3 rings (SSSR count). The van der Waals surface area contributed by atoms with E-state index < -0.39 is 21.8 Å². The standard InChI is InChI=1S/C22H23N3O7S/c1-30-19-9-8-15(11-20(19)31-2)22(27)23-14-21(26)25-16-5-3-7-18(12-16)33(28,29)24-13-17-6-4-10-32-17/h3-12,24H,13-14H2,1-2H3,(H,23,27)(H,25,26). The van der Waals surface area contributed by atoms with Crippen molar-refractivity contribution >= 4 is 27.5 Å². The molecule has 0 spiro atoms. The molecule has 174 valence electrons. The van der Waals surface area contributed by atoms with Crippen molar-refractivity contribution in [3.63, 3.8) is 0 Å². The summed E-state index contributed by atoms with van der Waals surface area (Å²) in [6.45, 7) is -0.324. The van der Waals surface area contributed by atoms with Gasteiger partial charge in [0.2, 0.25) is 15.9 Å². The zero-order chi connectivity index (χ0) is 23.8. The summed E-state index contributed by atoms with van der Waals surface area (Å²) in [6.07, 6.45) is 1.45. The van der Waals surface area contributed by atoms with Gasteiger partial charge in [0, 0.05) is 11.3 Å².